The van der Waals surface area contributed by atoms with Gasteiger partial charge in [-0.3, -0.25) is 4.79 Å². The van der Waals surface area contributed by atoms with E-state index < -0.39 is 11.6 Å². The Morgan fingerprint density at radius 2 is 2.00 bits per heavy atom. The molecule has 0 bridgehead atoms. The van der Waals surface area contributed by atoms with Crippen LogP contribution in [0.5, 0.6) is 0 Å². The predicted molar refractivity (Wildman–Crippen MR) is 73.2 cm³/mol. The summed E-state index contributed by atoms with van der Waals surface area (Å²) < 4.78 is 26.1. The molecule has 0 fully saturated rings. The Balaban J connectivity index is 0.00000324. The lowest BCUT2D eigenvalue weighted by molar-refractivity contribution is -0.121. The second-order valence-electron chi connectivity index (χ2n) is 4.08. The zero-order chi connectivity index (χ0) is 13.4. The Morgan fingerprint density at radius 1 is 1.26 bits per heavy atom. The molecule has 0 heterocycles. The van der Waals surface area contributed by atoms with Gasteiger partial charge in [0.05, 0.1) is 0 Å². The molecule has 1 rings (SSSR count). The SMILES string of the molecule is Cl.NCCCCNC(=O)CCc1cc(F)ccc1F. The number of benzene rings is 1. The lowest BCUT2D eigenvalue weighted by atomic mass is 10.1. The van der Waals surface area contributed by atoms with Gasteiger partial charge in [0.25, 0.3) is 0 Å². The summed E-state index contributed by atoms with van der Waals surface area (Å²) in [4.78, 5) is 11.4. The molecule has 0 spiro atoms. The summed E-state index contributed by atoms with van der Waals surface area (Å²) >= 11 is 0. The van der Waals surface area contributed by atoms with E-state index in [1.165, 1.54) is 0 Å². The van der Waals surface area contributed by atoms with Crippen molar-refractivity contribution in [2.75, 3.05) is 13.1 Å². The molecule has 1 aromatic rings. The van der Waals surface area contributed by atoms with Crippen LogP contribution in [0.2, 0.25) is 0 Å². The number of carbonyl (C=O) groups excluding carboxylic acids is 1. The molecular formula is C13H19ClF2N2O. The highest BCUT2D eigenvalue weighted by molar-refractivity contribution is 5.85. The van der Waals surface area contributed by atoms with E-state index in [1.54, 1.807) is 0 Å². The Kier molecular flexibility index (Phi) is 9.08. The third-order valence-corrected chi connectivity index (χ3v) is 2.58. The first kappa shape index (κ1) is 17.8. The monoisotopic (exact) mass is 292 g/mol. The molecule has 0 saturated carbocycles. The van der Waals surface area contributed by atoms with Gasteiger partial charge >= 0.3 is 0 Å². The topological polar surface area (TPSA) is 55.1 Å². The Morgan fingerprint density at radius 3 is 2.68 bits per heavy atom. The normalized spacial score (nSPS) is 9.84. The number of nitrogens with two attached hydrogens (primary N) is 1. The van der Waals surface area contributed by atoms with Crippen molar-refractivity contribution in [3.05, 3.63) is 35.4 Å². The van der Waals surface area contributed by atoms with Crippen molar-refractivity contribution in [2.24, 2.45) is 5.73 Å². The van der Waals surface area contributed by atoms with Crippen LogP contribution in [0.25, 0.3) is 0 Å². The van der Waals surface area contributed by atoms with Gasteiger partial charge in [-0.25, -0.2) is 8.78 Å². The molecule has 1 amide bonds. The fourth-order valence-electron chi connectivity index (χ4n) is 1.57. The average Bonchev–Trinajstić information content (AvgIpc) is 2.36. The Labute approximate surface area is 118 Å². The molecule has 0 atom stereocenters. The molecule has 108 valence electrons. The van der Waals surface area contributed by atoms with E-state index in [-0.39, 0.29) is 36.7 Å². The fourth-order valence-corrected chi connectivity index (χ4v) is 1.57. The number of halogens is 3. The molecule has 1 aromatic carbocycles. The van der Waals surface area contributed by atoms with Gasteiger partial charge in [-0.15, -0.1) is 12.4 Å². The van der Waals surface area contributed by atoms with Crippen molar-refractivity contribution in [3.8, 4) is 0 Å². The number of nitrogens with one attached hydrogen (secondary N) is 1. The summed E-state index contributed by atoms with van der Waals surface area (Å²) in [6.07, 6.45) is 2.05. The van der Waals surface area contributed by atoms with Crippen molar-refractivity contribution < 1.29 is 13.6 Å². The first-order chi connectivity index (χ1) is 8.63. The maximum Gasteiger partial charge on any atom is 0.220 e. The molecule has 0 aliphatic heterocycles. The quantitative estimate of drug-likeness (QED) is 0.757. The third-order valence-electron chi connectivity index (χ3n) is 2.58. The van der Waals surface area contributed by atoms with Crippen molar-refractivity contribution in [3.63, 3.8) is 0 Å². The number of carbonyl (C=O) groups is 1. The van der Waals surface area contributed by atoms with E-state index in [2.05, 4.69) is 5.32 Å². The van der Waals surface area contributed by atoms with Gasteiger partial charge in [-0.2, -0.15) is 0 Å². The zero-order valence-electron chi connectivity index (χ0n) is 10.6. The van der Waals surface area contributed by atoms with Crippen LogP contribution in [0, 0.1) is 11.6 Å². The standard InChI is InChI=1S/C13H18F2N2O.ClH/c14-11-4-5-12(15)10(9-11)3-6-13(18)17-8-2-1-7-16;/h4-5,9H,1-3,6-8,16H2,(H,17,18);1H. The molecule has 0 unspecified atom stereocenters. The molecule has 3 nitrogen and oxygen atoms in total. The summed E-state index contributed by atoms with van der Waals surface area (Å²) in [5.41, 5.74) is 5.55. The van der Waals surface area contributed by atoms with E-state index in [1.807, 2.05) is 0 Å². The highest BCUT2D eigenvalue weighted by atomic mass is 35.5. The fraction of sp³-hybridized carbons (Fsp3) is 0.462. The third kappa shape index (κ3) is 7.08. The largest absolute Gasteiger partial charge is 0.356 e. The number of amides is 1. The second-order valence-corrected chi connectivity index (χ2v) is 4.08. The van der Waals surface area contributed by atoms with Gasteiger partial charge < -0.3 is 11.1 Å². The lowest BCUT2D eigenvalue weighted by Crippen LogP contribution is -2.25. The number of unbranched alkanes of at least 4 members (excludes halogenated alkanes) is 1. The van der Waals surface area contributed by atoms with Gasteiger partial charge in [0, 0.05) is 13.0 Å². The van der Waals surface area contributed by atoms with Gasteiger partial charge in [-0.1, -0.05) is 0 Å². The molecular weight excluding hydrogens is 274 g/mol. The van der Waals surface area contributed by atoms with Crippen LogP contribution >= 0.6 is 12.4 Å². The van der Waals surface area contributed by atoms with Crippen molar-refractivity contribution >= 4 is 18.3 Å². The number of hydrogen-bond donors (Lipinski definition) is 2. The molecule has 0 saturated heterocycles. The van der Waals surface area contributed by atoms with Crippen LogP contribution in [0.3, 0.4) is 0 Å². The van der Waals surface area contributed by atoms with Crippen molar-refractivity contribution in [1.29, 1.82) is 0 Å². The minimum atomic E-state index is -0.491. The van der Waals surface area contributed by atoms with Crippen LogP contribution in [0.15, 0.2) is 18.2 Å². The smallest absolute Gasteiger partial charge is 0.220 e. The predicted octanol–water partition coefficient (Wildman–Crippen LogP) is 2.17. The molecule has 3 N–H and O–H groups in total. The summed E-state index contributed by atoms with van der Waals surface area (Å²) in [5, 5.41) is 2.71. The van der Waals surface area contributed by atoms with Gasteiger partial charge in [0.1, 0.15) is 11.6 Å². The highest BCUT2D eigenvalue weighted by Crippen LogP contribution is 2.11. The number of aryl methyl sites for hydroxylation is 1. The lowest BCUT2D eigenvalue weighted by Gasteiger charge is -2.05. The molecule has 19 heavy (non-hydrogen) atoms. The highest BCUT2D eigenvalue weighted by Gasteiger charge is 2.07. The summed E-state index contributed by atoms with van der Waals surface area (Å²) in [6, 6.07) is 3.26. The average molecular weight is 293 g/mol. The summed E-state index contributed by atoms with van der Waals surface area (Å²) in [6.45, 7) is 1.17. The summed E-state index contributed by atoms with van der Waals surface area (Å²) in [7, 11) is 0. The minimum absolute atomic E-state index is 0. The zero-order valence-corrected chi connectivity index (χ0v) is 11.4. The molecule has 0 aliphatic rings. The van der Waals surface area contributed by atoms with Gasteiger partial charge in [0.2, 0.25) is 5.91 Å². The van der Waals surface area contributed by atoms with Gasteiger partial charge in [0.15, 0.2) is 0 Å². The Bertz CT molecular complexity index is 402. The van der Waals surface area contributed by atoms with E-state index in [0.29, 0.717) is 13.1 Å². The van der Waals surface area contributed by atoms with E-state index >= 15 is 0 Å². The van der Waals surface area contributed by atoms with Crippen LogP contribution in [0.4, 0.5) is 8.78 Å². The minimum Gasteiger partial charge on any atom is -0.356 e. The molecule has 0 aromatic heterocycles. The van der Waals surface area contributed by atoms with Gasteiger partial charge in [-0.05, 0) is 49.6 Å². The number of rotatable bonds is 7. The maximum atomic E-state index is 13.3. The first-order valence-corrected chi connectivity index (χ1v) is 6.04. The summed E-state index contributed by atoms with van der Waals surface area (Å²) in [5.74, 6) is -1.13. The van der Waals surface area contributed by atoms with Crippen LogP contribution in [0.1, 0.15) is 24.8 Å². The first-order valence-electron chi connectivity index (χ1n) is 6.04. The van der Waals surface area contributed by atoms with Crippen LogP contribution in [-0.2, 0) is 11.2 Å². The molecule has 0 radical (unpaired) electrons. The van der Waals surface area contributed by atoms with E-state index in [0.717, 1.165) is 31.0 Å². The van der Waals surface area contributed by atoms with Crippen molar-refractivity contribution in [1.82, 2.24) is 5.32 Å². The molecule has 0 aliphatic carbocycles. The van der Waals surface area contributed by atoms with Crippen LogP contribution < -0.4 is 11.1 Å². The second kappa shape index (κ2) is 9.69. The van der Waals surface area contributed by atoms with Crippen molar-refractivity contribution in [2.45, 2.75) is 25.7 Å². The van der Waals surface area contributed by atoms with Crippen LogP contribution in [-0.4, -0.2) is 19.0 Å². The number of hydrogen-bond acceptors (Lipinski definition) is 2. The van der Waals surface area contributed by atoms with E-state index in [4.69, 9.17) is 5.73 Å². The Hall–Kier alpha value is -1.20. The molecule has 6 heteroatoms. The maximum absolute atomic E-state index is 13.3. The van der Waals surface area contributed by atoms with E-state index in [9.17, 15) is 13.6 Å².